The second-order valence-corrected chi connectivity index (χ2v) is 11.1. The van der Waals surface area contributed by atoms with Crippen LogP contribution in [0.25, 0.3) is 0 Å². The Kier molecular flexibility index (Phi) is 10.6. The summed E-state index contributed by atoms with van der Waals surface area (Å²) in [6.07, 6.45) is 7.01. The summed E-state index contributed by atoms with van der Waals surface area (Å²) in [6.45, 7) is 16.7. The highest BCUT2D eigenvalue weighted by Crippen LogP contribution is 2.22. The van der Waals surface area contributed by atoms with E-state index in [1.165, 1.54) is 0 Å². The van der Waals surface area contributed by atoms with Crippen LogP contribution in [0, 0.1) is 11.8 Å². The number of rotatable bonds is 9. The summed E-state index contributed by atoms with van der Waals surface area (Å²) in [7, 11) is 1.79. The molecule has 0 aromatic heterocycles. The fourth-order valence-corrected chi connectivity index (χ4v) is 5.23. The number of carbonyl (C=O) groups excluding carboxylic acids is 3. The van der Waals surface area contributed by atoms with Crippen molar-refractivity contribution in [3.05, 3.63) is 11.6 Å². The molecular weight excluding hydrogens is 428 g/mol. The van der Waals surface area contributed by atoms with Crippen molar-refractivity contribution in [1.82, 2.24) is 20.0 Å². The van der Waals surface area contributed by atoms with Gasteiger partial charge >= 0.3 is 0 Å². The van der Waals surface area contributed by atoms with Crippen LogP contribution in [0.2, 0.25) is 0 Å². The van der Waals surface area contributed by atoms with Crippen molar-refractivity contribution in [3.8, 4) is 0 Å². The molecule has 1 N–H and O–H groups in total. The minimum absolute atomic E-state index is 0.0425. The average molecular weight is 477 g/mol. The normalized spacial score (nSPS) is 21.8. The Morgan fingerprint density at radius 2 is 1.50 bits per heavy atom. The van der Waals surface area contributed by atoms with Gasteiger partial charge in [0.15, 0.2) is 0 Å². The Morgan fingerprint density at radius 1 is 0.912 bits per heavy atom. The first-order valence-electron chi connectivity index (χ1n) is 13.3. The van der Waals surface area contributed by atoms with Gasteiger partial charge in [-0.1, -0.05) is 40.2 Å². The SMILES string of the molecule is C/C(=C\[C@H](C(C)C)N(C)C(=O)[C@@H](NC(=O)[C@H]1CCCCN1C(C)C)C(C)C)C(=O)N1CCCC1. The standard InChI is InChI=1S/C27H48N4O3/c1-18(2)23(17-21(7)26(33)30-14-11-12-15-30)29(8)27(34)24(19(3)4)28-25(32)22-13-9-10-16-31(22)20(5)6/h17-20,22-24H,9-16H2,1-8H3,(H,28,32)/b21-17+/t22-,23-,24+/m1/s1. The fourth-order valence-electron chi connectivity index (χ4n) is 5.23. The Morgan fingerprint density at radius 3 is 2.03 bits per heavy atom. The second kappa shape index (κ2) is 12.7. The summed E-state index contributed by atoms with van der Waals surface area (Å²) in [6, 6.07) is -0.718. The molecule has 2 aliphatic rings. The molecule has 2 saturated heterocycles. The molecule has 2 rings (SSSR count). The number of carbonyl (C=O) groups is 3. The third-order valence-electron chi connectivity index (χ3n) is 7.37. The maximum Gasteiger partial charge on any atom is 0.249 e. The zero-order valence-corrected chi connectivity index (χ0v) is 22.8. The number of likely N-dealkylation sites (tertiary alicyclic amines) is 2. The quantitative estimate of drug-likeness (QED) is 0.518. The molecule has 7 heteroatoms. The Hall–Kier alpha value is -1.89. The first kappa shape index (κ1) is 28.3. The lowest BCUT2D eigenvalue weighted by molar-refractivity contribution is -0.140. The zero-order chi connectivity index (χ0) is 25.6. The van der Waals surface area contributed by atoms with Crippen LogP contribution in [0.15, 0.2) is 11.6 Å². The van der Waals surface area contributed by atoms with Crippen LogP contribution in [0.1, 0.15) is 80.6 Å². The maximum atomic E-state index is 13.6. The molecule has 3 amide bonds. The lowest BCUT2D eigenvalue weighted by Gasteiger charge is -2.39. The smallest absolute Gasteiger partial charge is 0.249 e. The van der Waals surface area contributed by atoms with Crippen LogP contribution in [0.4, 0.5) is 0 Å². The lowest BCUT2D eigenvalue weighted by atomic mass is 9.95. The van der Waals surface area contributed by atoms with Crippen LogP contribution >= 0.6 is 0 Å². The van der Waals surface area contributed by atoms with Gasteiger partial charge in [-0.2, -0.15) is 0 Å². The summed E-state index contributed by atoms with van der Waals surface area (Å²) < 4.78 is 0. The minimum Gasteiger partial charge on any atom is -0.343 e. The van der Waals surface area contributed by atoms with Gasteiger partial charge in [0.05, 0.1) is 12.1 Å². The van der Waals surface area contributed by atoms with Crippen molar-refractivity contribution in [1.29, 1.82) is 0 Å². The van der Waals surface area contributed by atoms with Crippen molar-refractivity contribution < 1.29 is 14.4 Å². The van der Waals surface area contributed by atoms with Crippen molar-refractivity contribution in [2.24, 2.45) is 11.8 Å². The van der Waals surface area contributed by atoms with Gasteiger partial charge in [-0.15, -0.1) is 0 Å². The summed E-state index contributed by atoms with van der Waals surface area (Å²) in [5.74, 6) is -0.00558. The molecule has 0 saturated carbocycles. The van der Waals surface area contributed by atoms with Gasteiger partial charge in [-0.3, -0.25) is 19.3 Å². The highest BCUT2D eigenvalue weighted by molar-refractivity contribution is 5.93. The Labute approximate surface area is 207 Å². The van der Waals surface area contributed by atoms with Crippen molar-refractivity contribution in [2.45, 2.75) is 105 Å². The van der Waals surface area contributed by atoms with Gasteiger partial charge in [-0.25, -0.2) is 0 Å². The number of nitrogens with zero attached hydrogens (tertiary/aromatic N) is 3. The number of likely N-dealkylation sites (N-methyl/N-ethyl adjacent to an activating group) is 1. The Balaban J connectivity index is 2.17. The topological polar surface area (TPSA) is 73.0 Å². The molecule has 0 aliphatic carbocycles. The first-order chi connectivity index (χ1) is 16.0. The monoisotopic (exact) mass is 476 g/mol. The molecule has 3 atom stereocenters. The van der Waals surface area contributed by atoms with Crippen molar-refractivity contribution in [2.75, 3.05) is 26.7 Å². The predicted molar refractivity (Wildman–Crippen MR) is 137 cm³/mol. The van der Waals surface area contributed by atoms with E-state index >= 15 is 0 Å². The molecule has 0 spiro atoms. The largest absolute Gasteiger partial charge is 0.343 e. The van der Waals surface area contributed by atoms with Crippen molar-refractivity contribution >= 4 is 17.7 Å². The van der Waals surface area contributed by atoms with Gasteiger partial charge in [0.1, 0.15) is 6.04 Å². The molecular formula is C27H48N4O3. The fraction of sp³-hybridized carbons (Fsp3) is 0.815. The number of amides is 3. The van der Waals surface area contributed by atoms with Gasteiger partial charge in [-0.05, 0) is 64.8 Å². The van der Waals surface area contributed by atoms with Crippen molar-refractivity contribution in [3.63, 3.8) is 0 Å². The van der Waals surface area contributed by atoms with Crippen LogP contribution in [0.5, 0.6) is 0 Å². The van der Waals surface area contributed by atoms with E-state index in [0.29, 0.717) is 11.6 Å². The second-order valence-electron chi connectivity index (χ2n) is 11.1. The minimum atomic E-state index is -0.599. The molecule has 0 radical (unpaired) electrons. The highest BCUT2D eigenvalue weighted by Gasteiger charge is 2.36. The molecule has 194 valence electrons. The maximum absolute atomic E-state index is 13.6. The molecule has 0 aromatic carbocycles. The molecule has 34 heavy (non-hydrogen) atoms. The molecule has 2 heterocycles. The molecule has 0 unspecified atom stereocenters. The van der Waals surface area contributed by atoms with Crippen LogP contribution in [-0.4, -0.2) is 83.3 Å². The summed E-state index contributed by atoms with van der Waals surface area (Å²) in [5.41, 5.74) is 0.681. The van der Waals surface area contributed by atoms with E-state index in [-0.39, 0.29) is 41.6 Å². The van der Waals surface area contributed by atoms with E-state index in [4.69, 9.17) is 0 Å². The third kappa shape index (κ3) is 7.06. The zero-order valence-electron chi connectivity index (χ0n) is 22.8. The number of nitrogens with one attached hydrogen (secondary N) is 1. The van der Waals surface area contributed by atoms with Gasteiger partial charge in [0.2, 0.25) is 17.7 Å². The van der Waals surface area contributed by atoms with Crippen LogP contribution in [0.3, 0.4) is 0 Å². The van der Waals surface area contributed by atoms with Gasteiger partial charge in [0.25, 0.3) is 0 Å². The molecule has 7 nitrogen and oxygen atoms in total. The van der Waals surface area contributed by atoms with Crippen LogP contribution < -0.4 is 5.32 Å². The highest BCUT2D eigenvalue weighted by atomic mass is 16.2. The van der Waals surface area contributed by atoms with E-state index in [0.717, 1.165) is 51.7 Å². The van der Waals surface area contributed by atoms with Gasteiger partial charge < -0.3 is 15.1 Å². The lowest BCUT2D eigenvalue weighted by Crippen LogP contribution is -2.58. The molecule has 2 fully saturated rings. The third-order valence-corrected chi connectivity index (χ3v) is 7.37. The predicted octanol–water partition coefficient (Wildman–Crippen LogP) is 3.44. The van der Waals surface area contributed by atoms with E-state index in [2.05, 4.69) is 37.9 Å². The summed E-state index contributed by atoms with van der Waals surface area (Å²) in [4.78, 5) is 45.6. The first-order valence-corrected chi connectivity index (χ1v) is 13.3. The Bertz CT molecular complexity index is 740. The van der Waals surface area contributed by atoms with E-state index in [9.17, 15) is 14.4 Å². The number of hydrogen-bond donors (Lipinski definition) is 1. The summed E-state index contributed by atoms with van der Waals surface area (Å²) >= 11 is 0. The molecule has 0 bridgehead atoms. The molecule has 0 aromatic rings. The number of piperidine rings is 1. The van der Waals surface area contributed by atoms with E-state index in [1.54, 1.807) is 11.9 Å². The van der Waals surface area contributed by atoms with E-state index in [1.807, 2.05) is 31.7 Å². The molecule has 2 aliphatic heterocycles. The average Bonchev–Trinajstić information content (AvgIpc) is 3.33. The van der Waals surface area contributed by atoms with Gasteiger partial charge in [0, 0.05) is 31.8 Å². The van der Waals surface area contributed by atoms with Crippen LogP contribution in [-0.2, 0) is 14.4 Å². The van der Waals surface area contributed by atoms with E-state index < -0.39 is 6.04 Å². The number of hydrogen-bond acceptors (Lipinski definition) is 4. The summed E-state index contributed by atoms with van der Waals surface area (Å²) in [5, 5.41) is 3.10.